The van der Waals surface area contributed by atoms with E-state index in [1.54, 1.807) is 22.7 Å². The fourth-order valence-corrected chi connectivity index (χ4v) is 4.64. The predicted molar refractivity (Wildman–Crippen MR) is 121 cm³/mol. The summed E-state index contributed by atoms with van der Waals surface area (Å²) in [7, 11) is 0. The highest BCUT2D eigenvalue weighted by atomic mass is 32.2. The molecule has 1 aromatic carbocycles. The first-order valence-corrected chi connectivity index (χ1v) is 11.6. The highest BCUT2D eigenvalue weighted by Gasteiger charge is 2.50. The van der Waals surface area contributed by atoms with Crippen molar-refractivity contribution < 1.29 is 33.3 Å². The van der Waals surface area contributed by atoms with Crippen molar-refractivity contribution in [3.8, 4) is 0 Å². The van der Waals surface area contributed by atoms with Gasteiger partial charge in [0.25, 0.3) is 0 Å². The molecule has 4 rings (SSSR count). The van der Waals surface area contributed by atoms with E-state index in [2.05, 4.69) is 15.0 Å². The molecule has 1 aliphatic heterocycles. The average molecular weight is 489 g/mol. The Kier molecular flexibility index (Phi) is 6.98. The zero-order valence-electron chi connectivity index (χ0n) is 19.1. The molecule has 180 valence electrons. The Hall–Kier alpha value is -3.25. The fraction of sp³-hybridized carbons (Fsp3) is 0.455. The molecule has 1 aliphatic rings. The Morgan fingerprint density at radius 2 is 1.74 bits per heavy atom. The smallest absolute Gasteiger partial charge is 0.303 e. The first-order chi connectivity index (χ1) is 16.3. The summed E-state index contributed by atoms with van der Waals surface area (Å²) >= 11 is 1.61. The Morgan fingerprint density at radius 1 is 1.00 bits per heavy atom. The molecule has 0 spiro atoms. The SMILES string of the molecule is CCSc1ncnc2cc3c(cc12)ncn3[C@@H]1O[C@H](COC(C)=O)[C@@H](OC(C)=O)[C@H]1OC(C)=O. The molecule has 1 saturated heterocycles. The van der Waals surface area contributed by atoms with Crippen LogP contribution in [0.1, 0.15) is 33.9 Å². The number of carbonyl (C=O) groups excluding carboxylic acids is 3. The van der Waals surface area contributed by atoms with Crippen LogP contribution in [0.4, 0.5) is 0 Å². The fourth-order valence-electron chi connectivity index (χ4n) is 3.93. The molecule has 1 fully saturated rings. The quantitative estimate of drug-likeness (QED) is 0.210. The minimum absolute atomic E-state index is 0.179. The summed E-state index contributed by atoms with van der Waals surface area (Å²) in [6.07, 6.45) is -0.654. The Bertz CT molecular complexity index is 1250. The number of esters is 3. The summed E-state index contributed by atoms with van der Waals surface area (Å²) in [6, 6.07) is 3.75. The monoisotopic (exact) mass is 488 g/mol. The lowest BCUT2D eigenvalue weighted by atomic mass is 10.1. The number of hydrogen-bond acceptors (Lipinski definition) is 11. The number of nitrogens with zero attached hydrogens (tertiary/aromatic N) is 4. The summed E-state index contributed by atoms with van der Waals surface area (Å²) in [5.41, 5.74) is 2.06. The molecule has 0 N–H and O–H groups in total. The topological polar surface area (TPSA) is 132 Å². The van der Waals surface area contributed by atoms with E-state index in [1.807, 2.05) is 19.1 Å². The number of fused-ring (bicyclic) bond motifs is 2. The molecular formula is C22H24N4O7S. The lowest BCUT2D eigenvalue weighted by Gasteiger charge is -2.24. The highest BCUT2D eigenvalue weighted by Crippen LogP contribution is 2.37. The van der Waals surface area contributed by atoms with Gasteiger partial charge in [-0.05, 0) is 17.9 Å². The van der Waals surface area contributed by atoms with E-state index in [0.29, 0.717) is 11.0 Å². The van der Waals surface area contributed by atoms with Gasteiger partial charge in [-0.1, -0.05) is 6.92 Å². The van der Waals surface area contributed by atoms with Crippen LogP contribution in [-0.2, 0) is 33.3 Å². The van der Waals surface area contributed by atoms with Gasteiger partial charge in [-0.2, -0.15) is 0 Å². The summed E-state index contributed by atoms with van der Waals surface area (Å²) in [5.74, 6) is -0.816. The molecule has 0 radical (unpaired) electrons. The number of rotatable bonds is 7. The van der Waals surface area contributed by atoms with Crippen molar-refractivity contribution in [2.24, 2.45) is 0 Å². The van der Waals surface area contributed by atoms with Crippen molar-refractivity contribution in [3.63, 3.8) is 0 Å². The van der Waals surface area contributed by atoms with Gasteiger partial charge in [0.15, 0.2) is 18.4 Å². The van der Waals surface area contributed by atoms with Crippen molar-refractivity contribution >= 4 is 51.6 Å². The van der Waals surface area contributed by atoms with Gasteiger partial charge < -0.3 is 18.9 Å². The van der Waals surface area contributed by atoms with E-state index in [0.717, 1.165) is 21.7 Å². The summed E-state index contributed by atoms with van der Waals surface area (Å²) in [5, 5.41) is 1.73. The van der Waals surface area contributed by atoms with Gasteiger partial charge in [-0.15, -0.1) is 11.8 Å². The van der Waals surface area contributed by atoms with Gasteiger partial charge in [-0.3, -0.25) is 19.0 Å². The van der Waals surface area contributed by atoms with Gasteiger partial charge in [0.05, 0.1) is 22.9 Å². The molecule has 0 saturated carbocycles. The standard InChI is InChI=1S/C22H24N4O7S/c1-5-34-21-14-6-16-17(7-15(14)23-9-24-21)26(10-25-16)22-20(32-13(4)29)19(31-12(3)28)18(33-22)8-30-11(2)27/h6-7,9-10,18-20,22H,5,8H2,1-4H3/t18-,19-,20-,22-/m1/s1. The second-order valence-electron chi connectivity index (χ2n) is 7.64. The predicted octanol–water partition coefficient (Wildman–Crippen LogP) is 2.42. The molecule has 3 aromatic rings. The molecule has 2 aromatic heterocycles. The first kappa shape index (κ1) is 23.9. The second kappa shape index (κ2) is 9.94. The molecule has 4 atom stereocenters. The van der Waals surface area contributed by atoms with Crippen LogP contribution in [0.15, 0.2) is 29.8 Å². The number of aromatic nitrogens is 4. The zero-order valence-corrected chi connectivity index (χ0v) is 19.9. The second-order valence-corrected chi connectivity index (χ2v) is 8.89. The molecule has 0 unspecified atom stereocenters. The van der Waals surface area contributed by atoms with Gasteiger partial charge in [0.1, 0.15) is 24.1 Å². The minimum atomic E-state index is -0.994. The molecule has 12 heteroatoms. The van der Waals surface area contributed by atoms with E-state index in [9.17, 15) is 14.4 Å². The highest BCUT2D eigenvalue weighted by molar-refractivity contribution is 7.99. The Morgan fingerprint density at radius 3 is 2.41 bits per heavy atom. The van der Waals surface area contributed by atoms with Crippen LogP contribution in [-0.4, -0.2) is 68.1 Å². The molecular weight excluding hydrogens is 464 g/mol. The van der Waals surface area contributed by atoms with E-state index in [-0.39, 0.29) is 6.61 Å². The van der Waals surface area contributed by atoms with Crippen LogP contribution in [0.25, 0.3) is 21.9 Å². The summed E-state index contributed by atoms with van der Waals surface area (Å²) in [6.45, 7) is 5.63. The summed E-state index contributed by atoms with van der Waals surface area (Å²) < 4.78 is 23.9. The maximum Gasteiger partial charge on any atom is 0.303 e. The van der Waals surface area contributed by atoms with Crippen LogP contribution in [0, 0.1) is 0 Å². The third kappa shape index (κ3) is 4.82. The first-order valence-electron chi connectivity index (χ1n) is 10.7. The van der Waals surface area contributed by atoms with E-state index in [1.165, 1.54) is 27.1 Å². The Balaban J connectivity index is 1.78. The third-order valence-corrected chi connectivity index (χ3v) is 6.08. The van der Waals surface area contributed by atoms with Gasteiger partial charge in [0.2, 0.25) is 0 Å². The van der Waals surface area contributed by atoms with Gasteiger partial charge >= 0.3 is 17.9 Å². The van der Waals surface area contributed by atoms with Crippen LogP contribution in [0.5, 0.6) is 0 Å². The lowest BCUT2D eigenvalue weighted by Crippen LogP contribution is -2.40. The van der Waals surface area contributed by atoms with Crippen molar-refractivity contribution in [3.05, 3.63) is 24.8 Å². The van der Waals surface area contributed by atoms with Crippen molar-refractivity contribution in [2.45, 2.75) is 57.3 Å². The van der Waals surface area contributed by atoms with Gasteiger partial charge in [0, 0.05) is 26.2 Å². The number of ether oxygens (including phenoxy) is 4. The van der Waals surface area contributed by atoms with Crippen LogP contribution in [0.2, 0.25) is 0 Å². The molecule has 11 nitrogen and oxygen atoms in total. The number of benzene rings is 1. The van der Waals surface area contributed by atoms with E-state index >= 15 is 0 Å². The molecule has 3 heterocycles. The van der Waals surface area contributed by atoms with E-state index < -0.39 is 42.4 Å². The van der Waals surface area contributed by atoms with Crippen molar-refractivity contribution in [2.75, 3.05) is 12.4 Å². The maximum atomic E-state index is 11.9. The molecule has 34 heavy (non-hydrogen) atoms. The maximum absolute atomic E-state index is 11.9. The third-order valence-electron chi connectivity index (χ3n) is 5.19. The number of carbonyl (C=O) groups is 3. The van der Waals surface area contributed by atoms with Crippen molar-refractivity contribution in [1.29, 1.82) is 0 Å². The minimum Gasteiger partial charge on any atom is -0.463 e. The van der Waals surface area contributed by atoms with Crippen LogP contribution in [0.3, 0.4) is 0 Å². The molecule has 0 aliphatic carbocycles. The lowest BCUT2D eigenvalue weighted by molar-refractivity contribution is -0.166. The van der Waals surface area contributed by atoms with E-state index in [4.69, 9.17) is 18.9 Å². The average Bonchev–Trinajstić information content (AvgIpc) is 3.31. The number of hydrogen-bond donors (Lipinski definition) is 0. The normalized spacial score (nSPS) is 22.1. The van der Waals surface area contributed by atoms with Gasteiger partial charge in [-0.25, -0.2) is 15.0 Å². The van der Waals surface area contributed by atoms with Crippen molar-refractivity contribution in [1.82, 2.24) is 19.5 Å². The molecule has 0 bridgehead atoms. The molecule has 0 amide bonds. The summed E-state index contributed by atoms with van der Waals surface area (Å²) in [4.78, 5) is 48.3. The Labute approximate surface area is 199 Å². The van der Waals surface area contributed by atoms with Crippen LogP contribution >= 0.6 is 11.8 Å². The van der Waals surface area contributed by atoms with Crippen LogP contribution < -0.4 is 0 Å². The zero-order chi connectivity index (χ0) is 24.4. The number of thioether (sulfide) groups is 1. The largest absolute Gasteiger partial charge is 0.463 e. The number of imidazole rings is 1.